The van der Waals surface area contributed by atoms with Crippen molar-refractivity contribution in [3.8, 4) is 0 Å². The minimum absolute atomic E-state index is 0.425. The molecule has 0 aliphatic carbocycles. The third kappa shape index (κ3) is 3.74. The second-order valence-corrected chi connectivity index (χ2v) is 6.40. The van der Waals surface area contributed by atoms with Crippen LogP contribution in [0.2, 0.25) is 4.34 Å². The summed E-state index contributed by atoms with van der Waals surface area (Å²) in [5, 5.41) is 3.36. The molecule has 0 amide bonds. The Morgan fingerprint density at radius 2 is 2.27 bits per heavy atom. The molecule has 0 aliphatic heterocycles. The van der Waals surface area contributed by atoms with E-state index in [0.29, 0.717) is 6.04 Å². The highest BCUT2D eigenvalue weighted by Crippen LogP contribution is 2.37. The summed E-state index contributed by atoms with van der Waals surface area (Å²) in [6.07, 6.45) is 2.38. The van der Waals surface area contributed by atoms with Gasteiger partial charge in [-0.1, -0.05) is 31.9 Å². The molecule has 0 spiro atoms. The van der Waals surface area contributed by atoms with Crippen LogP contribution in [0.3, 0.4) is 0 Å². The average Bonchev–Trinajstić information content (AvgIpc) is 2.55. The van der Waals surface area contributed by atoms with E-state index in [4.69, 9.17) is 11.6 Å². The molecule has 0 radical (unpaired) electrons. The van der Waals surface area contributed by atoms with Gasteiger partial charge in [0, 0.05) is 15.4 Å². The highest BCUT2D eigenvalue weighted by molar-refractivity contribution is 9.10. The number of hydrogen-bond donors (Lipinski definition) is 1. The lowest BCUT2D eigenvalue weighted by atomic mass is 9.98. The van der Waals surface area contributed by atoms with Crippen LogP contribution in [0.1, 0.15) is 37.6 Å². The predicted octanol–water partition coefficient (Wildman–Crippen LogP) is 4.86. The fourth-order valence-corrected chi connectivity index (χ4v) is 3.34. The lowest BCUT2D eigenvalue weighted by Gasteiger charge is -2.18. The van der Waals surface area contributed by atoms with Crippen molar-refractivity contribution in [2.45, 2.75) is 32.7 Å². The molecule has 0 aliphatic rings. The molecule has 0 bridgehead atoms. The Kier molecular flexibility index (Phi) is 5.61. The molecule has 2 unspecified atom stereocenters. The Bertz CT molecular complexity index is 294. The van der Waals surface area contributed by atoms with Gasteiger partial charge in [-0.05, 0) is 41.4 Å². The zero-order valence-corrected chi connectivity index (χ0v) is 12.5. The fourth-order valence-electron chi connectivity index (χ4n) is 1.48. The van der Waals surface area contributed by atoms with E-state index >= 15 is 0 Å². The summed E-state index contributed by atoms with van der Waals surface area (Å²) in [5.41, 5.74) is 0. The summed E-state index contributed by atoms with van der Waals surface area (Å²) in [6.45, 7) is 4.52. The third-order valence-corrected chi connectivity index (χ3v) is 5.28. The minimum Gasteiger partial charge on any atom is -0.312 e. The van der Waals surface area contributed by atoms with Crippen LogP contribution in [0.5, 0.6) is 0 Å². The van der Waals surface area contributed by atoms with Crippen LogP contribution in [0.25, 0.3) is 0 Å². The standard InChI is InChI=1S/C11H17BrClNS/c1-4-7(2)5-9(14-3)10-6-8(12)11(13)15-10/h6-7,9,14H,4-5H2,1-3H3. The van der Waals surface area contributed by atoms with E-state index in [1.54, 1.807) is 11.3 Å². The van der Waals surface area contributed by atoms with Gasteiger partial charge < -0.3 is 5.32 Å². The Balaban J connectivity index is 2.74. The lowest BCUT2D eigenvalue weighted by Crippen LogP contribution is -2.17. The Morgan fingerprint density at radius 1 is 1.60 bits per heavy atom. The topological polar surface area (TPSA) is 12.0 Å². The van der Waals surface area contributed by atoms with E-state index in [1.165, 1.54) is 11.3 Å². The second kappa shape index (κ2) is 6.24. The Hall–Kier alpha value is 0.430. The molecule has 1 N–H and O–H groups in total. The van der Waals surface area contributed by atoms with Gasteiger partial charge in [0.25, 0.3) is 0 Å². The van der Waals surface area contributed by atoms with Gasteiger partial charge in [-0.2, -0.15) is 0 Å². The Morgan fingerprint density at radius 3 is 2.67 bits per heavy atom. The zero-order chi connectivity index (χ0) is 11.4. The van der Waals surface area contributed by atoms with Gasteiger partial charge in [0.15, 0.2) is 0 Å². The molecular formula is C11H17BrClNS. The SMILES string of the molecule is CCC(C)CC(NC)c1cc(Br)c(Cl)s1. The molecule has 4 heteroatoms. The van der Waals surface area contributed by atoms with Crippen LogP contribution >= 0.6 is 38.9 Å². The zero-order valence-electron chi connectivity index (χ0n) is 9.31. The van der Waals surface area contributed by atoms with Crippen molar-refractivity contribution >= 4 is 38.9 Å². The van der Waals surface area contributed by atoms with E-state index < -0.39 is 0 Å². The van der Waals surface area contributed by atoms with E-state index in [0.717, 1.165) is 21.1 Å². The van der Waals surface area contributed by atoms with Crippen LogP contribution in [-0.4, -0.2) is 7.05 Å². The summed E-state index contributed by atoms with van der Waals surface area (Å²) in [6, 6.07) is 2.55. The maximum Gasteiger partial charge on any atom is 0.107 e. The number of nitrogens with one attached hydrogen (secondary N) is 1. The maximum absolute atomic E-state index is 6.04. The minimum atomic E-state index is 0.425. The number of thiophene rings is 1. The van der Waals surface area contributed by atoms with E-state index in [2.05, 4.69) is 41.2 Å². The van der Waals surface area contributed by atoms with Crippen LogP contribution in [0.4, 0.5) is 0 Å². The molecule has 1 nitrogen and oxygen atoms in total. The van der Waals surface area contributed by atoms with Crippen molar-refractivity contribution in [3.05, 3.63) is 19.8 Å². The fraction of sp³-hybridized carbons (Fsp3) is 0.636. The highest BCUT2D eigenvalue weighted by Gasteiger charge is 2.16. The van der Waals surface area contributed by atoms with Crippen molar-refractivity contribution in [1.29, 1.82) is 0 Å². The van der Waals surface area contributed by atoms with Gasteiger partial charge in [-0.25, -0.2) is 0 Å². The van der Waals surface area contributed by atoms with Gasteiger partial charge in [0.2, 0.25) is 0 Å². The van der Waals surface area contributed by atoms with E-state index in [1.807, 2.05) is 7.05 Å². The summed E-state index contributed by atoms with van der Waals surface area (Å²) < 4.78 is 1.85. The van der Waals surface area contributed by atoms with E-state index in [9.17, 15) is 0 Å². The van der Waals surface area contributed by atoms with Gasteiger partial charge in [-0.3, -0.25) is 0 Å². The van der Waals surface area contributed by atoms with Gasteiger partial charge in [-0.15, -0.1) is 11.3 Å². The van der Waals surface area contributed by atoms with Crippen LogP contribution in [0.15, 0.2) is 10.5 Å². The molecule has 15 heavy (non-hydrogen) atoms. The molecule has 1 aromatic heterocycles. The molecule has 1 rings (SSSR count). The molecule has 0 saturated heterocycles. The molecule has 0 fully saturated rings. The number of hydrogen-bond acceptors (Lipinski definition) is 2. The van der Waals surface area contributed by atoms with Crippen LogP contribution < -0.4 is 5.32 Å². The van der Waals surface area contributed by atoms with Gasteiger partial charge >= 0.3 is 0 Å². The molecule has 2 atom stereocenters. The molecule has 1 heterocycles. The van der Waals surface area contributed by atoms with Crippen LogP contribution in [-0.2, 0) is 0 Å². The predicted molar refractivity (Wildman–Crippen MR) is 72.9 cm³/mol. The molecular weight excluding hydrogens is 294 g/mol. The van der Waals surface area contributed by atoms with Gasteiger partial charge in [0.1, 0.15) is 4.34 Å². The number of halogens is 2. The number of rotatable bonds is 5. The normalized spacial score (nSPS) is 15.3. The first-order valence-corrected chi connectivity index (χ1v) is 7.19. The summed E-state index contributed by atoms with van der Waals surface area (Å²) in [5.74, 6) is 0.738. The first-order chi connectivity index (χ1) is 7.08. The Labute approximate surface area is 109 Å². The first-order valence-electron chi connectivity index (χ1n) is 5.20. The van der Waals surface area contributed by atoms with Crippen molar-refractivity contribution in [2.24, 2.45) is 5.92 Å². The third-order valence-electron chi connectivity index (χ3n) is 2.69. The molecule has 0 aromatic carbocycles. The second-order valence-electron chi connectivity index (χ2n) is 3.86. The summed E-state index contributed by atoms with van der Waals surface area (Å²) in [7, 11) is 2.01. The maximum atomic E-state index is 6.04. The van der Waals surface area contributed by atoms with E-state index in [-0.39, 0.29) is 0 Å². The van der Waals surface area contributed by atoms with Crippen LogP contribution in [0, 0.1) is 5.92 Å². The molecule has 1 aromatic rings. The van der Waals surface area contributed by atoms with Crippen molar-refractivity contribution in [2.75, 3.05) is 7.05 Å². The quantitative estimate of drug-likeness (QED) is 0.819. The average molecular weight is 311 g/mol. The highest BCUT2D eigenvalue weighted by atomic mass is 79.9. The summed E-state index contributed by atoms with van der Waals surface area (Å²) in [4.78, 5) is 1.31. The largest absolute Gasteiger partial charge is 0.312 e. The van der Waals surface area contributed by atoms with Crippen molar-refractivity contribution in [1.82, 2.24) is 5.32 Å². The monoisotopic (exact) mass is 309 g/mol. The smallest absolute Gasteiger partial charge is 0.107 e. The van der Waals surface area contributed by atoms with Crippen molar-refractivity contribution in [3.63, 3.8) is 0 Å². The van der Waals surface area contributed by atoms with Crippen molar-refractivity contribution < 1.29 is 0 Å². The first kappa shape index (κ1) is 13.5. The molecule has 86 valence electrons. The van der Waals surface area contributed by atoms with Gasteiger partial charge in [0.05, 0.1) is 0 Å². The lowest BCUT2D eigenvalue weighted by molar-refractivity contribution is 0.426. The summed E-state index contributed by atoms with van der Waals surface area (Å²) >= 11 is 11.1. The molecule has 0 saturated carbocycles.